The van der Waals surface area contributed by atoms with Gasteiger partial charge >= 0.3 is 5.97 Å². The molecule has 130 valence electrons. The molecule has 0 saturated carbocycles. The summed E-state index contributed by atoms with van der Waals surface area (Å²) in [6, 6.07) is 9.40. The summed E-state index contributed by atoms with van der Waals surface area (Å²) in [5.41, 5.74) is 1.16. The summed E-state index contributed by atoms with van der Waals surface area (Å²) in [5, 5.41) is 10.7. The Labute approximate surface area is 145 Å². The average molecular weight is 340 g/mol. The molecule has 1 aromatic heterocycles. The predicted molar refractivity (Wildman–Crippen MR) is 91.4 cm³/mol. The molecule has 2 aliphatic heterocycles. The van der Waals surface area contributed by atoms with Crippen LogP contribution >= 0.6 is 0 Å². The molecule has 2 aliphatic rings. The van der Waals surface area contributed by atoms with Crippen molar-refractivity contribution in [3.8, 4) is 0 Å². The molecule has 0 aliphatic carbocycles. The van der Waals surface area contributed by atoms with Crippen molar-refractivity contribution in [2.45, 2.75) is 13.3 Å². The number of carbonyl (C=O) groups is 2. The zero-order valence-electron chi connectivity index (χ0n) is 14.1. The van der Waals surface area contributed by atoms with Crippen LogP contribution < -0.4 is 0 Å². The number of fused-ring (bicyclic) bond motifs is 2. The molecule has 0 unspecified atom stereocenters. The summed E-state index contributed by atoms with van der Waals surface area (Å²) in [5.74, 6) is -1.14. The molecule has 1 N–H and O–H groups in total. The molecular weight excluding hydrogens is 320 g/mol. The molecular formula is C19H20N2O4. The number of hydrogen-bond acceptors (Lipinski definition) is 4. The van der Waals surface area contributed by atoms with Crippen LogP contribution in [-0.2, 0) is 9.53 Å². The first-order valence-electron chi connectivity index (χ1n) is 8.48. The van der Waals surface area contributed by atoms with E-state index in [0.717, 1.165) is 11.1 Å². The molecule has 0 radical (unpaired) electrons. The Morgan fingerprint density at radius 1 is 1.32 bits per heavy atom. The predicted octanol–water partition coefficient (Wildman–Crippen LogP) is 2.11. The van der Waals surface area contributed by atoms with E-state index in [1.54, 1.807) is 11.0 Å². The van der Waals surface area contributed by atoms with Crippen molar-refractivity contribution in [2.75, 3.05) is 26.3 Å². The molecule has 6 heteroatoms. The summed E-state index contributed by atoms with van der Waals surface area (Å²) in [6.45, 7) is 3.36. The van der Waals surface area contributed by atoms with Gasteiger partial charge < -0.3 is 14.7 Å². The second kappa shape index (κ2) is 5.81. The quantitative estimate of drug-likeness (QED) is 0.906. The summed E-state index contributed by atoms with van der Waals surface area (Å²) in [4.78, 5) is 31.2. The van der Waals surface area contributed by atoms with E-state index in [1.165, 1.54) is 0 Å². The van der Waals surface area contributed by atoms with Crippen molar-refractivity contribution >= 4 is 22.8 Å². The van der Waals surface area contributed by atoms with Crippen LogP contribution in [0.5, 0.6) is 0 Å². The number of aryl methyl sites for hydroxylation is 1. The van der Waals surface area contributed by atoms with Gasteiger partial charge in [0.25, 0.3) is 5.91 Å². The number of amides is 1. The van der Waals surface area contributed by atoms with Crippen LogP contribution in [0.25, 0.3) is 10.9 Å². The molecule has 0 bridgehead atoms. The Kier molecular flexibility index (Phi) is 3.72. The number of hydrogen-bond donors (Lipinski definition) is 1. The van der Waals surface area contributed by atoms with E-state index in [4.69, 9.17) is 4.74 Å². The van der Waals surface area contributed by atoms with Crippen molar-refractivity contribution in [3.63, 3.8) is 0 Å². The molecule has 4 rings (SSSR count). The van der Waals surface area contributed by atoms with Crippen molar-refractivity contribution in [3.05, 3.63) is 41.6 Å². The Balaban J connectivity index is 1.71. The van der Waals surface area contributed by atoms with E-state index in [2.05, 4.69) is 4.98 Å². The van der Waals surface area contributed by atoms with E-state index >= 15 is 0 Å². The maximum atomic E-state index is 13.1. The number of likely N-dealkylation sites (tertiary alicyclic amines) is 1. The van der Waals surface area contributed by atoms with Gasteiger partial charge in [-0.25, -0.2) is 0 Å². The van der Waals surface area contributed by atoms with Gasteiger partial charge in [-0.05, 0) is 25.5 Å². The van der Waals surface area contributed by atoms with Crippen molar-refractivity contribution in [2.24, 2.45) is 11.3 Å². The number of carboxylic acids is 1. The largest absolute Gasteiger partial charge is 0.481 e. The van der Waals surface area contributed by atoms with Crippen LogP contribution in [0, 0.1) is 18.3 Å². The van der Waals surface area contributed by atoms with Gasteiger partial charge in [0, 0.05) is 36.7 Å². The lowest BCUT2D eigenvalue weighted by atomic mass is 9.74. The normalized spacial score (nSPS) is 25.8. The number of rotatable bonds is 2. The first-order chi connectivity index (χ1) is 12.0. The number of nitrogens with zero attached hydrogens (tertiary/aromatic N) is 2. The third-order valence-corrected chi connectivity index (χ3v) is 5.51. The number of benzene rings is 1. The number of aromatic nitrogens is 1. The zero-order chi connectivity index (χ0) is 17.6. The molecule has 2 fully saturated rings. The van der Waals surface area contributed by atoms with Gasteiger partial charge in [0.2, 0.25) is 0 Å². The summed E-state index contributed by atoms with van der Waals surface area (Å²) in [6.07, 6.45) is 0.448. The highest BCUT2D eigenvalue weighted by Crippen LogP contribution is 2.43. The second-order valence-corrected chi connectivity index (χ2v) is 7.00. The Morgan fingerprint density at radius 3 is 2.92 bits per heavy atom. The number of para-hydroxylation sites is 1. The highest BCUT2D eigenvalue weighted by Gasteiger charge is 2.55. The lowest BCUT2D eigenvalue weighted by Crippen LogP contribution is -2.45. The van der Waals surface area contributed by atoms with Crippen LogP contribution in [-0.4, -0.2) is 53.2 Å². The van der Waals surface area contributed by atoms with E-state index in [0.29, 0.717) is 37.3 Å². The number of aliphatic carboxylic acids is 1. The van der Waals surface area contributed by atoms with Gasteiger partial charge in [0.05, 0.1) is 23.1 Å². The molecule has 6 nitrogen and oxygen atoms in total. The fourth-order valence-electron chi connectivity index (χ4n) is 4.04. The molecule has 25 heavy (non-hydrogen) atoms. The molecule has 2 atom stereocenters. The zero-order valence-corrected chi connectivity index (χ0v) is 14.1. The van der Waals surface area contributed by atoms with Gasteiger partial charge in [-0.1, -0.05) is 18.2 Å². The van der Waals surface area contributed by atoms with Gasteiger partial charge in [0.1, 0.15) is 0 Å². The second-order valence-electron chi connectivity index (χ2n) is 7.00. The SMILES string of the molecule is Cc1ccc2cccc(C(=O)N3C[C@H]4COCC[C@@]4(C(=O)O)C3)c2n1. The topological polar surface area (TPSA) is 79.7 Å². The Bertz CT molecular complexity index is 866. The summed E-state index contributed by atoms with van der Waals surface area (Å²) >= 11 is 0. The fourth-order valence-corrected chi connectivity index (χ4v) is 4.04. The minimum Gasteiger partial charge on any atom is -0.481 e. The third kappa shape index (κ3) is 2.48. The lowest BCUT2D eigenvalue weighted by Gasteiger charge is -2.33. The highest BCUT2D eigenvalue weighted by molar-refractivity contribution is 6.05. The number of carbonyl (C=O) groups excluding carboxylic acids is 1. The van der Waals surface area contributed by atoms with Crippen molar-refractivity contribution in [1.82, 2.24) is 9.88 Å². The molecule has 2 saturated heterocycles. The average Bonchev–Trinajstić information content (AvgIpc) is 3.01. The van der Waals surface area contributed by atoms with Crippen molar-refractivity contribution in [1.29, 1.82) is 0 Å². The maximum absolute atomic E-state index is 13.1. The van der Waals surface area contributed by atoms with Crippen LogP contribution in [0.4, 0.5) is 0 Å². The number of pyridine rings is 1. The summed E-state index contributed by atoms with van der Waals surface area (Å²) in [7, 11) is 0. The Morgan fingerprint density at radius 2 is 2.16 bits per heavy atom. The van der Waals surface area contributed by atoms with Gasteiger partial charge in [-0.15, -0.1) is 0 Å². The minimum atomic E-state index is -0.887. The number of carboxylic acid groups (broad SMARTS) is 1. The molecule has 1 aromatic carbocycles. The molecule has 0 spiro atoms. The first kappa shape index (κ1) is 16.0. The molecule has 2 aromatic rings. The third-order valence-electron chi connectivity index (χ3n) is 5.51. The summed E-state index contributed by atoms with van der Waals surface area (Å²) < 4.78 is 5.46. The molecule has 3 heterocycles. The van der Waals surface area contributed by atoms with Crippen LogP contribution in [0.2, 0.25) is 0 Å². The van der Waals surface area contributed by atoms with Gasteiger partial charge in [0.15, 0.2) is 0 Å². The van der Waals surface area contributed by atoms with Gasteiger partial charge in [-0.2, -0.15) is 0 Å². The maximum Gasteiger partial charge on any atom is 0.311 e. The van der Waals surface area contributed by atoms with E-state index in [1.807, 2.05) is 31.2 Å². The van der Waals surface area contributed by atoms with Crippen LogP contribution in [0.15, 0.2) is 30.3 Å². The fraction of sp³-hybridized carbons (Fsp3) is 0.421. The van der Waals surface area contributed by atoms with Crippen LogP contribution in [0.1, 0.15) is 22.5 Å². The van der Waals surface area contributed by atoms with E-state index < -0.39 is 11.4 Å². The standard InChI is InChI=1S/C19H20N2O4/c1-12-5-6-13-3-2-4-15(16(13)20-12)17(22)21-9-14-10-25-8-7-19(14,11-21)18(23)24/h2-6,14H,7-11H2,1H3,(H,23,24)/t14-,19+/m0/s1. The van der Waals surface area contributed by atoms with Crippen molar-refractivity contribution < 1.29 is 19.4 Å². The number of ether oxygens (including phenoxy) is 1. The van der Waals surface area contributed by atoms with E-state index in [-0.39, 0.29) is 18.4 Å². The monoisotopic (exact) mass is 340 g/mol. The van der Waals surface area contributed by atoms with Crippen LogP contribution in [0.3, 0.4) is 0 Å². The highest BCUT2D eigenvalue weighted by atomic mass is 16.5. The lowest BCUT2D eigenvalue weighted by molar-refractivity contribution is -0.157. The Hall–Kier alpha value is -2.47. The smallest absolute Gasteiger partial charge is 0.311 e. The van der Waals surface area contributed by atoms with Gasteiger partial charge in [-0.3, -0.25) is 14.6 Å². The minimum absolute atomic E-state index is 0.154. The van der Waals surface area contributed by atoms with E-state index in [9.17, 15) is 14.7 Å². The molecule has 1 amide bonds. The first-order valence-corrected chi connectivity index (χ1v) is 8.48.